The molecule has 3 heteroatoms. The second-order valence-electron chi connectivity index (χ2n) is 4.01. The molecular formula is C10H13NOS. The van der Waals surface area contributed by atoms with Crippen LogP contribution in [0.2, 0.25) is 0 Å². The van der Waals surface area contributed by atoms with Gasteiger partial charge in [0.1, 0.15) is 0 Å². The zero-order valence-electron chi connectivity index (χ0n) is 7.69. The van der Waals surface area contributed by atoms with Crippen molar-refractivity contribution in [3.63, 3.8) is 0 Å². The average molecular weight is 195 g/mol. The number of ether oxygens (including phenoxy) is 1. The molecule has 2 saturated heterocycles. The fraction of sp³-hybridized carbons (Fsp3) is 0.700. The van der Waals surface area contributed by atoms with E-state index in [4.69, 9.17) is 4.74 Å². The number of aryl methyl sites for hydroxylation is 1. The average Bonchev–Trinajstić information content (AvgIpc) is 2.77. The minimum Gasteiger partial charge on any atom is -0.374 e. The molecule has 2 aliphatic rings. The maximum atomic E-state index is 5.81. The van der Waals surface area contributed by atoms with Gasteiger partial charge in [-0.2, -0.15) is 0 Å². The highest BCUT2D eigenvalue weighted by Gasteiger charge is 2.42. The van der Waals surface area contributed by atoms with E-state index in [1.165, 1.54) is 30.0 Å². The number of fused-ring (bicyclic) bond motifs is 2. The normalized spacial score (nSPS) is 37.2. The summed E-state index contributed by atoms with van der Waals surface area (Å²) in [6.07, 6.45) is 4.73. The maximum absolute atomic E-state index is 5.81. The van der Waals surface area contributed by atoms with Gasteiger partial charge >= 0.3 is 0 Å². The summed E-state index contributed by atoms with van der Waals surface area (Å²) in [4.78, 5) is 4.55. The standard InChI is InChI=1S/C10H13NOS/c1-6-11-9(5-13-6)8-4-7-2-3-10(8)12-7/h5,7-8,10H,2-4H2,1H3. The Kier molecular flexibility index (Phi) is 1.70. The first-order valence-electron chi connectivity index (χ1n) is 4.90. The van der Waals surface area contributed by atoms with Crippen molar-refractivity contribution in [1.29, 1.82) is 0 Å². The number of hydrogen-bond acceptors (Lipinski definition) is 3. The van der Waals surface area contributed by atoms with Crippen molar-refractivity contribution in [3.8, 4) is 0 Å². The second kappa shape index (κ2) is 2.79. The van der Waals surface area contributed by atoms with Gasteiger partial charge in [-0.1, -0.05) is 0 Å². The van der Waals surface area contributed by atoms with Crippen molar-refractivity contribution in [2.75, 3.05) is 0 Å². The molecule has 3 unspecified atom stereocenters. The van der Waals surface area contributed by atoms with E-state index < -0.39 is 0 Å². The van der Waals surface area contributed by atoms with Gasteiger partial charge in [-0.25, -0.2) is 4.98 Å². The Morgan fingerprint density at radius 3 is 3.00 bits per heavy atom. The quantitative estimate of drug-likeness (QED) is 0.687. The smallest absolute Gasteiger partial charge is 0.0897 e. The van der Waals surface area contributed by atoms with E-state index in [1.807, 2.05) is 0 Å². The van der Waals surface area contributed by atoms with Gasteiger partial charge in [0.15, 0.2) is 0 Å². The van der Waals surface area contributed by atoms with Crippen LogP contribution in [0.3, 0.4) is 0 Å². The maximum Gasteiger partial charge on any atom is 0.0897 e. The zero-order valence-corrected chi connectivity index (χ0v) is 8.51. The van der Waals surface area contributed by atoms with Crippen LogP contribution in [0.1, 0.15) is 35.9 Å². The highest BCUT2D eigenvalue weighted by Crippen LogP contribution is 2.44. The molecular weight excluding hydrogens is 182 g/mol. The molecule has 2 aliphatic heterocycles. The van der Waals surface area contributed by atoms with Crippen LogP contribution in [0.15, 0.2) is 5.38 Å². The van der Waals surface area contributed by atoms with Crippen LogP contribution < -0.4 is 0 Å². The molecule has 2 bridgehead atoms. The highest BCUT2D eigenvalue weighted by atomic mass is 32.1. The van der Waals surface area contributed by atoms with E-state index in [0.717, 1.165) is 0 Å². The Labute approximate surface area is 81.9 Å². The zero-order chi connectivity index (χ0) is 8.84. The van der Waals surface area contributed by atoms with Crippen molar-refractivity contribution in [2.24, 2.45) is 0 Å². The van der Waals surface area contributed by atoms with Gasteiger partial charge in [0, 0.05) is 11.3 Å². The van der Waals surface area contributed by atoms with Gasteiger partial charge in [0.2, 0.25) is 0 Å². The van der Waals surface area contributed by atoms with Crippen LogP contribution in [0.25, 0.3) is 0 Å². The minimum atomic E-state index is 0.478. The van der Waals surface area contributed by atoms with Gasteiger partial charge in [0.05, 0.1) is 22.9 Å². The van der Waals surface area contributed by atoms with Crippen LogP contribution in [-0.4, -0.2) is 17.2 Å². The molecule has 3 rings (SSSR count). The van der Waals surface area contributed by atoms with E-state index in [-0.39, 0.29) is 0 Å². The molecule has 3 heterocycles. The number of hydrogen-bond donors (Lipinski definition) is 0. The fourth-order valence-corrected chi connectivity index (χ4v) is 3.18. The number of aromatic nitrogens is 1. The lowest BCUT2D eigenvalue weighted by molar-refractivity contribution is 0.100. The van der Waals surface area contributed by atoms with Crippen molar-refractivity contribution >= 4 is 11.3 Å². The predicted molar refractivity (Wildman–Crippen MR) is 52.1 cm³/mol. The highest BCUT2D eigenvalue weighted by molar-refractivity contribution is 7.09. The molecule has 1 aromatic heterocycles. The molecule has 0 radical (unpaired) electrons. The summed E-state index contributed by atoms with van der Waals surface area (Å²) in [7, 11) is 0. The summed E-state index contributed by atoms with van der Waals surface area (Å²) < 4.78 is 5.81. The molecule has 0 spiro atoms. The lowest BCUT2D eigenvalue weighted by Gasteiger charge is -2.15. The van der Waals surface area contributed by atoms with E-state index in [2.05, 4.69) is 17.3 Å². The summed E-state index contributed by atoms with van der Waals surface area (Å²) in [5, 5.41) is 3.38. The Morgan fingerprint density at radius 2 is 2.46 bits per heavy atom. The van der Waals surface area contributed by atoms with E-state index in [0.29, 0.717) is 18.1 Å². The van der Waals surface area contributed by atoms with Gasteiger partial charge in [-0.05, 0) is 26.2 Å². The third kappa shape index (κ3) is 1.22. The molecule has 2 fully saturated rings. The third-order valence-corrected chi connectivity index (χ3v) is 3.91. The van der Waals surface area contributed by atoms with Crippen LogP contribution >= 0.6 is 11.3 Å². The molecule has 2 nitrogen and oxygen atoms in total. The van der Waals surface area contributed by atoms with Crippen molar-refractivity contribution in [3.05, 3.63) is 16.1 Å². The molecule has 70 valence electrons. The molecule has 0 amide bonds. The molecule has 13 heavy (non-hydrogen) atoms. The van der Waals surface area contributed by atoms with Crippen molar-refractivity contribution in [2.45, 2.75) is 44.3 Å². The van der Waals surface area contributed by atoms with Gasteiger partial charge in [-0.15, -0.1) is 11.3 Å². The molecule has 1 aromatic rings. The van der Waals surface area contributed by atoms with Gasteiger partial charge < -0.3 is 4.74 Å². The topological polar surface area (TPSA) is 22.1 Å². The molecule has 0 N–H and O–H groups in total. The summed E-state index contributed by atoms with van der Waals surface area (Å²) >= 11 is 1.75. The summed E-state index contributed by atoms with van der Waals surface area (Å²) in [5.74, 6) is 0.601. The summed E-state index contributed by atoms with van der Waals surface area (Å²) in [5.41, 5.74) is 1.27. The first-order valence-corrected chi connectivity index (χ1v) is 5.78. The lowest BCUT2D eigenvalue weighted by atomic mass is 9.87. The van der Waals surface area contributed by atoms with Crippen LogP contribution in [0, 0.1) is 6.92 Å². The van der Waals surface area contributed by atoms with Crippen LogP contribution in [0.5, 0.6) is 0 Å². The first kappa shape index (κ1) is 7.94. The molecule has 0 saturated carbocycles. The first-order chi connectivity index (χ1) is 6.33. The van der Waals surface area contributed by atoms with Gasteiger partial charge in [0.25, 0.3) is 0 Å². The Morgan fingerprint density at radius 1 is 1.54 bits per heavy atom. The monoisotopic (exact) mass is 195 g/mol. The second-order valence-corrected chi connectivity index (χ2v) is 5.07. The predicted octanol–water partition coefficient (Wildman–Crippen LogP) is 2.49. The SMILES string of the molecule is Cc1nc(C2CC3CCC2O3)cs1. The van der Waals surface area contributed by atoms with Crippen LogP contribution in [-0.2, 0) is 4.74 Å². The molecule has 0 aliphatic carbocycles. The fourth-order valence-electron chi connectivity index (χ4n) is 2.50. The van der Waals surface area contributed by atoms with Gasteiger partial charge in [-0.3, -0.25) is 0 Å². The van der Waals surface area contributed by atoms with E-state index >= 15 is 0 Å². The van der Waals surface area contributed by atoms with E-state index in [9.17, 15) is 0 Å². The minimum absolute atomic E-state index is 0.478. The van der Waals surface area contributed by atoms with E-state index in [1.54, 1.807) is 11.3 Å². The third-order valence-electron chi connectivity index (χ3n) is 3.12. The Hall–Kier alpha value is -0.410. The number of nitrogens with zero attached hydrogens (tertiary/aromatic N) is 1. The largest absolute Gasteiger partial charge is 0.374 e. The Balaban J connectivity index is 1.87. The van der Waals surface area contributed by atoms with Crippen molar-refractivity contribution < 1.29 is 4.74 Å². The lowest BCUT2D eigenvalue weighted by Crippen LogP contribution is -2.14. The van der Waals surface area contributed by atoms with Crippen LogP contribution in [0.4, 0.5) is 0 Å². The van der Waals surface area contributed by atoms with Crippen molar-refractivity contribution in [1.82, 2.24) is 4.98 Å². The summed E-state index contributed by atoms with van der Waals surface area (Å²) in [6, 6.07) is 0. The molecule has 3 atom stereocenters. The Bertz CT molecular complexity index is 322. The number of rotatable bonds is 1. The number of thiazole rings is 1. The summed E-state index contributed by atoms with van der Waals surface area (Å²) in [6.45, 7) is 2.07. The molecule has 0 aromatic carbocycles.